The van der Waals surface area contributed by atoms with Crippen LogP contribution in [0.15, 0.2) is 65.4 Å². The van der Waals surface area contributed by atoms with Gasteiger partial charge in [0.1, 0.15) is 11.5 Å². The zero-order valence-electron chi connectivity index (χ0n) is 15.1. The summed E-state index contributed by atoms with van der Waals surface area (Å²) in [4.78, 5) is 30.7. The summed E-state index contributed by atoms with van der Waals surface area (Å²) in [7, 11) is 3.89. The molecule has 0 saturated heterocycles. The number of hydrogen-bond acceptors (Lipinski definition) is 5. The van der Waals surface area contributed by atoms with Crippen molar-refractivity contribution in [3.8, 4) is 0 Å². The maximum absolute atomic E-state index is 12.4. The monoisotopic (exact) mass is 364 g/mol. The Kier molecular flexibility index (Phi) is 5.51. The van der Waals surface area contributed by atoms with Gasteiger partial charge < -0.3 is 20.0 Å². The third-order valence-corrected chi connectivity index (χ3v) is 3.90. The number of carbonyl (C=O) groups excluding carboxylic acids is 2. The molecule has 2 amide bonds. The normalized spacial score (nSPS) is 10.3. The number of nitrogens with zero attached hydrogens (tertiary/aromatic N) is 2. The third-order valence-electron chi connectivity index (χ3n) is 3.90. The summed E-state index contributed by atoms with van der Waals surface area (Å²) >= 11 is 0. The summed E-state index contributed by atoms with van der Waals surface area (Å²) in [6.45, 7) is 0.272. The molecular weight excluding hydrogens is 344 g/mol. The molecule has 138 valence electrons. The van der Waals surface area contributed by atoms with Crippen LogP contribution in [0.4, 0.5) is 11.4 Å². The Morgan fingerprint density at radius 3 is 2.52 bits per heavy atom. The van der Waals surface area contributed by atoms with E-state index in [-0.39, 0.29) is 24.1 Å². The molecular formula is C20H20N4O3. The number of nitrogens with one attached hydrogen (secondary N) is 2. The molecule has 2 aromatic heterocycles. The topological polar surface area (TPSA) is 87.5 Å². The van der Waals surface area contributed by atoms with E-state index < -0.39 is 0 Å². The summed E-state index contributed by atoms with van der Waals surface area (Å²) in [5, 5.41) is 5.52. The average molecular weight is 364 g/mol. The Labute approximate surface area is 157 Å². The summed E-state index contributed by atoms with van der Waals surface area (Å²) in [5.74, 6) is -0.0389. The fourth-order valence-electron chi connectivity index (χ4n) is 2.42. The molecule has 1 aromatic carbocycles. The van der Waals surface area contributed by atoms with E-state index >= 15 is 0 Å². The minimum Gasteiger partial charge on any atom is -0.467 e. The average Bonchev–Trinajstić information content (AvgIpc) is 3.20. The van der Waals surface area contributed by atoms with Crippen LogP contribution < -0.4 is 15.5 Å². The second-order valence-corrected chi connectivity index (χ2v) is 6.09. The molecule has 0 bridgehead atoms. The summed E-state index contributed by atoms with van der Waals surface area (Å²) in [6.07, 6.45) is 2.98. The first-order chi connectivity index (χ1) is 13.0. The molecule has 3 aromatic rings. The number of carbonyl (C=O) groups is 2. The number of amides is 2. The number of anilines is 2. The van der Waals surface area contributed by atoms with E-state index in [1.54, 1.807) is 24.5 Å². The van der Waals surface area contributed by atoms with Crippen LogP contribution in [0.2, 0.25) is 0 Å². The lowest BCUT2D eigenvalue weighted by molar-refractivity contribution is 0.0948. The molecule has 0 radical (unpaired) electrons. The van der Waals surface area contributed by atoms with Gasteiger partial charge in [-0.3, -0.25) is 14.6 Å². The van der Waals surface area contributed by atoms with Crippen molar-refractivity contribution in [2.75, 3.05) is 24.3 Å². The molecule has 0 saturated carbocycles. The summed E-state index contributed by atoms with van der Waals surface area (Å²) in [5.41, 5.74) is 2.20. The van der Waals surface area contributed by atoms with Gasteiger partial charge in [0.05, 0.1) is 12.8 Å². The fraction of sp³-hybridized carbons (Fsp3) is 0.150. The predicted octanol–water partition coefficient (Wildman–Crippen LogP) is 2.92. The zero-order chi connectivity index (χ0) is 19.2. The van der Waals surface area contributed by atoms with Crippen molar-refractivity contribution >= 4 is 23.2 Å². The van der Waals surface area contributed by atoms with E-state index in [1.165, 1.54) is 12.3 Å². The number of furan rings is 1. The highest BCUT2D eigenvalue weighted by Crippen LogP contribution is 2.16. The summed E-state index contributed by atoms with van der Waals surface area (Å²) in [6, 6.07) is 14.0. The molecule has 0 atom stereocenters. The molecule has 0 aliphatic carbocycles. The smallest absolute Gasteiger partial charge is 0.274 e. The molecule has 2 N–H and O–H groups in total. The minimum atomic E-state index is -0.381. The van der Waals surface area contributed by atoms with Crippen LogP contribution >= 0.6 is 0 Å². The first-order valence-electron chi connectivity index (χ1n) is 8.38. The Morgan fingerprint density at radius 2 is 1.85 bits per heavy atom. The molecule has 0 unspecified atom stereocenters. The minimum absolute atomic E-state index is 0.164. The molecule has 3 rings (SSSR count). The number of hydrogen-bond donors (Lipinski definition) is 2. The van der Waals surface area contributed by atoms with Gasteiger partial charge in [0, 0.05) is 37.2 Å². The molecule has 7 nitrogen and oxygen atoms in total. The van der Waals surface area contributed by atoms with E-state index in [9.17, 15) is 9.59 Å². The lowest BCUT2D eigenvalue weighted by Gasteiger charge is -2.13. The van der Waals surface area contributed by atoms with Crippen LogP contribution in [-0.4, -0.2) is 30.9 Å². The number of benzene rings is 1. The lowest BCUT2D eigenvalue weighted by atomic mass is 10.2. The van der Waals surface area contributed by atoms with Gasteiger partial charge in [-0.2, -0.15) is 0 Å². The second kappa shape index (κ2) is 8.18. The zero-order valence-corrected chi connectivity index (χ0v) is 15.1. The first kappa shape index (κ1) is 18.2. The molecule has 0 spiro atoms. The fourth-order valence-corrected chi connectivity index (χ4v) is 2.42. The van der Waals surface area contributed by atoms with E-state index in [0.717, 1.165) is 5.69 Å². The Balaban J connectivity index is 1.65. The van der Waals surface area contributed by atoms with Gasteiger partial charge in [0.25, 0.3) is 11.8 Å². The van der Waals surface area contributed by atoms with Crippen molar-refractivity contribution in [2.45, 2.75) is 6.54 Å². The van der Waals surface area contributed by atoms with Crippen LogP contribution in [0.1, 0.15) is 26.6 Å². The van der Waals surface area contributed by atoms with Crippen molar-refractivity contribution in [1.29, 1.82) is 0 Å². The standard InChI is InChI=1S/C20H20N4O3/c1-24(2)16-7-5-15(6-8-16)23-20(26)18-12-14(9-10-21-18)19(25)22-13-17-4-3-11-27-17/h3-12H,13H2,1-2H3,(H,22,25)(H,23,26). The van der Waals surface area contributed by atoms with Crippen molar-refractivity contribution in [3.63, 3.8) is 0 Å². The molecule has 2 heterocycles. The van der Waals surface area contributed by atoms with Crippen LogP contribution in [0.3, 0.4) is 0 Å². The van der Waals surface area contributed by atoms with Gasteiger partial charge in [0.15, 0.2) is 0 Å². The van der Waals surface area contributed by atoms with Gasteiger partial charge in [-0.25, -0.2) is 0 Å². The van der Waals surface area contributed by atoms with Crippen LogP contribution in [0, 0.1) is 0 Å². The van der Waals surface area contributed by atoms with E-state index in [1.807, 2.05) is 43.3 Å². The van der Waals surface area contributed by atoms with Gasteiger partial charge in [0.2, 0.25) is 0 Å². The highest BCUT2D eigenvalue weighted by molar-refractivity contribution is 6.04. The lowest BCUT2D eigenvalue weighted by Crippen LogP contribution is -2.23. The van der Waals surface area contributed by atoms with Crippen molar-refractivity contribution in [3.05, 3.63) is 78.0 Å². The SMILES string of the molecule is CN(C)c1ccc(NC(=O)c2cc(C(=O)NCc3ccco3)ccn2)cc1. The van der Waals surface area contributed by atoms with E-state index in [0.29, 0.717) is 17.0 Å². The Hall–Kier alpha value is -3.61. The van der Waals surface area contributed by atoms with E-state index in [2.05, 4.69) is 15.6 Å². The van der Waals surface area contributed by atoms with Crippen molar-refractivity contribution in [2.24, 2.45) is 0 Å². The van der Waals surface area contributed by atoms with Crippen molar-refractivity contribution < 1.29 is 14.0 Å². The number of rotatable bonds is 6. The molecule has 27 heavy (non-hydrogen) atoms. The van der Waals surface area contributed by atoms with Gasteiger partial charge in [-0.05, 0) is 48.5 Å². The molecule has 0 aliphatic rings. The predicted molar refractivity (Wildman–Crippen MR) is 103 cm³/mol. The highest BCUT2D eigenvalue weighted by Gasteiger charge is 2.12. The van der Waals surface area contributed by atoms with Crippen LogP contribution in [0.5, 0.6) is 0 Å². The molecule has 7 heteroatoms. The van der Waals surface area contributed by atoms with Crippen molar-refractivity contribution in [1.82, 2.24) is 10.3 Å². The number of aromatic nitrogens is 1. The first-order valence-corrected chi connectivity index (χ1v) is 8.38. The highest BCUT2D eigenvalue weighted by atomic mass is 16.3. The number of pyridine rings is 1. The maximum atomic E-state index is 12.4. The van der Waals surface area contributed by atoms with E-state index in [4.69, 9.17) is 4.42 Å². The summed E-state index contributed by atoms with van der Waals surface area (Å²) < 4.78 is 5.18. The quantitative estimate of drug-likeness (QED) is 0.702. The van der Waals surface area contributed by atoms with Crippen LogP contribution in [0.25, 0.3) is 0 Å². The van der Waals surface area contributed by atoms with Gasteiger partial charge in [-0.1, -0.05) is 0 Å². The molecule has 0 fully saturated rings. The van der Waals surface area contributed by atoms with Crippen LogP contribution in [-0.2, 0) is 6.54 Å². The molecule has 0 aliphatic heterocycles. The van der Waals surface area contributed by atoms with Gasteiger partial charge >= 0.3 is 0 Å². The Bertz CT molecular complexity index is 919. The third kappa shape index (κ3) is 4.72. The van der Waals surface area contributed by atoms with Gasteiger partial charge in [-0.15, -0.1) is 0 Å². The Morgan fingerprint density at radius 1 is 1.07 bits per heavy atom. The second-order valence-electron chi connectivity index (χ2n) is 6.09. The largest absolute Gasteiger partial charge is 0.467 e. The maximum Gasteiger partial charge on any atom is 0.274 e.